The Hall–Kier alpha value is -4.17. The molecule has 0 bridgehead atoms. The number of nitrogens with zero attached hydrogens (tertiary/aromatic N) is 8. The highest BCUT2D eigenvalue weighted by Gasteiger charge is 2.34. The van der Waals surface area contributed by atoms with Crippen LogP contribution in [-0.4, -0.2) is 75.9 Å². The van der Waals surface area contributed by atoms with Crippen molar-refractivity contribution in [1.29, 1.82) is 0 Å². The maximum Gasteiger partial charge on any atom is 0.289 e. The number of sulfonamides is 1. The molecule has 3 heterocycles. The van der Waals surface area contributed by atoms with Gasteiger partial charge in [0.1, 0.15) is 12.1 Å². The van der Waals surface area contributed by atoms with Crippen molar-refractivity contribution in [2.24, 2.45) is 0 Å². The number of methoxy groups -OCH3 is 1. The van der Waals surface area contributed by atoms with Gasteiger partial charge in [0, 0.05) is 32.2 Å². The molecular formula is C21H20N8O5S. The Labute approximate surface area is 199 Å². The molecule has 2 aromatic heterocycles. The van der Waals surface area contributed by atoms with E-state index in [1.807, 2.05) is 29.2 Å². The quantitative estimate of drug-likeness (QED) is 0.285. The number of benzene rings is 2. The molecule has 0 saturated carbocycles. The zero-order chi connectivity index (χ0) is 24.6. The molecule has 0 atom stereocenters. The molecule has 1 fully saturated rings. The van der Waals surface area contributed by atoms with Crippen LogP contribution in [0.2, 0.25) is 0 Å². The Morgan fingerprint density at radius 1 is 1.00 bits per heavy atom. The minimum Gasteiger partial charge on any atom is -0.497 e. The fourth-order valence-electron chi connectivity index (χ4n) is 3.97. The molecule has 14 heteroatoms. The number of para-hydroxylation sites is 1. The standard InChI is InChI=1S/C21H20N8O5S/c1-34-16-8-6-15(7-9-16)28-21-19(24-25-28)20(22-14-23-21)26-10-12-27(13-11-26)35(32,33)18-5-3-2-4-17(18)29(30)31/h2-9,14H,10-13H2,1H3. The van der Waals surface area contributed by atoms with Gasteiger partial charge in [-0.1, -0.05) is 17.3 Å². The number of piperazine rings is 1. The predicted molar refractivity (Wildman–Crippen MR) is 125 cm³/mol. The maximum atomic E-state index is 13.1. The summed E-state index contributed by atoms with van der Waals surface area (Å²) in [5.41, 5.74) is 1.30. The second-order valence-corrected chi connectivity index (χ2v) is 9.59. The van der Waals surface area contributed by atoms with Gasteiger partial charge in [0.25, 0.3) is 5.69 Å². The van der Waals surface area contributed by atoms with E-state index in [4.69, 9.17) is 4.74 Å². The highest BCUT2D eigenvalue weighted by Crippen LogP contribution is 2.29. The van der Waals surface area contributed by atoms with Crippen molar-refractivity contribution < 1.29 is 18.1 Å². The van der Waals surface area contributed by atoms with Gasteiger partial charge in [-0.25, -0.2) is 18.4 Å². The Balaban J connectivity index is 1.39. The highest BCUT2D eigenvalue weighted by atomic mass is 32.2. The predicted octanol–water partition coefficient (Wildman–Crippen LogP) is 1.64. The van der Waals surface area contributed by atoms with E-state index < -0.39 is 20.6 Å². The molecule has 0 aliphatic carbocycles. The first-order valence-electron chi connectivity index (χ1n) is 10.6. The summed E-state index contributed by atoms with van der Waals surface area (Å²) in [5, 5.41) is 19.8. The van der Waals surface area contributed by atoms with Crippen molar-refractivity contribution >= 4 is 32.7 Å². The summed E-state index contributed by atoms with van der Waals surface area (Å²) >= 11 is 0. The van der Waals surface area contributed by atoms with Crippen molar-refractivity contribution in [3.8, 4) is 11.4 Å². The smallest absolute Gasteiger partial charge is 0.289 e. The van der Waals surface area contributed by atoms with Crippen molar-refractivity contribution in [2.45, 2.75) is 4.90 Å². The molecule has 13 nitrogen and oxygen atoms in total. The van der Waals surface area contributed by atoms with E-state index in [0.29, 0.717) is 35.8 Å². The minimum atomic E-state index is -4.03. The van der Waals surface area contributed by atoms with E-state index in [1.54, 1.807) is 11.8 Å². The summed E-state index contributed by atoms with van der Waals surface area (Å²) in [6.07, 6.45) is 1.41. The first kappa shape index (κ1) is 22.6. The van der Waals surface area contributed by atoms with E-state index in [9.17, 15) is 18.5 Å². The van der Waals surface area contributed by atoms with Crippen LogP contribution in [0.25, 0.3) is 16.9 Å². The third-order valence-corrected chi connectivity index (χ3v) is 7.70. The van der Waals surface area contributed by atoms with Crippen LogP contribution < -0.4 is 9.64 Å². The molecule has 0 N–H and O–H groups in total. The van der Waals surface area contributed by atoms with Crippen LogP contribution in [0.1, 0.15) is 0 Å². The zero-order valence-electron chi connectivity index (χ0n) is 18.6. The van der Waals surface area contributed by atoms with Gasteiger partial charge < -0.3 is 9.64 Å². The number of fused-ring (bicyclic) bond motifs is 1. The molecule has 4 aromatic rings. The van der Waals surface area contributed by atoms with E-state index in [-0.39, 0.29) is 18.0 Å². The number of aromatic nitrogens is 5. The summed E-state index contributed by atoms with van der Waals surface area (Å²) in [6, 6.07) is 12.6. The number of nitro groups is 1. The molecule has 1 aliphatic heterocycles. The van der Waals surface area contributed by atoms with Crippen molar-refractivity contribution in [3.05, 3.63) is 65.0 Å². The molecule has 35 heavy (non-hydrogen) atoms. The molecule has 0 amide bonds. The van der Waals surface area contributed by atoms with Crippen LogP contribution in [0.15, 0.2) is 59.8 Å². The highest BCUT2D eigenvalue weighted by molar-refractivity contribution is 7.89. The van der Waals surface area contributed by atoms with Crippen LogP contribution in [-0.2, 0) is 10.0 Å². The SMILES string of the molecule is COc1ccc(-n2nnc3c(N4CCN(S(=O)(=O)c5ccccc5[N+](=O)[O-])CC4)ncnc32)cc1. The molecule has 2 aromatic carbocycles. The second-order valence-electron chi connectivity index (χ2n) is 7.68. The summed E-state index contributed by atoms with van der Waals surface area (Å²) in [4.78, 5) is 20.9. The van der Waals surface area contributed by atoms with Crippen molar-refractivity contribution in [1.82, 2.24) is 29.3 Å². The van der Waals surface area contributed by atoms with Gasteiger partial charge in [0.15, 0.2) is 21.9 Å². The molecule has 1 aliphatic rings. The van der Waals surface area contributed by atoms with Crippen LogP contribution in [0.5, 0.6) is 5.75 Å². The summed E-state index contributed by atoms with van der Waals surface area (Å²) in [6.45, 7) is 0.904. The normalized spacial score (nSPS) is 14.8. The Morgan fingerprint density at radius 2 is 1.71 bits per heavy atom. The molecule has 1 saturated heterocycles. The second kappa shape index (κ2) is 8.88. The lowest BCUT2D eigenvalue weighted by Crippen LogP contribution is -2.49. The fraction of sp³-hybridized carbons (Fsp3) is 0.238. The van der Waals surface area contributed by atoms with Gasteiger partial charge in [-0.3, -0.25) is 10.1 Å². The summed E-state index contributed by atoms with van der Waals surface area (Å²) < 4.78 is 34.3. The third kappa shape index (κ3) is 4.02. The van der Waals surface area contributed by atoms with Crippen LogP contribution in [0.4, 0.5) is 11.5 Å². The van der Waals surface area contributed by atoms with E-state index >= 15 is 0 Å². The number of hydrogen-bond donors (Lipinski definition) is 0. The molecule has 180 valence electrons. The maximum absolute atomic E-state index is 13.1. The number of anilines is 1. The number of ether oxygens (including phenoxy) is 1. The Bertz CT molecular complexity index is 1500. The first-order valence-corrected chi connectivity index (χ1v) is 12.0. The summed E-state index contributed by atoms with van der Waals surface area (Å²) in [7, 11) is -2.44. The number of rotatable bonds is 6. The Morgan fingerprint density at radius 3 is 2.40 bits per heavy atom. The molecule has 0 spiro atoms. The lowest BCUT2D eigenvalue weighted by molar-refractivity contribution is -0.387. The van der Waals surface area contributed by atoms with E-state index in [1.165, 1.54) is 34.9 Å². The van der Waals surface area contributed by atoms with Gasteiger partial charge in [-0.2, -0.15) is 8.99 Å². The molecular weight excluding hydrogens is 476 g/mol. The van der Waals surface area contributed by atoms with Crippen molar-refractivity contribution in [3.63, 3.8) is 0 Å². The van der Waals surface area contributed by atoms with Crippen LogP contribution >= 0.6 is 0 Å². The molecule has 0 unspecified atom stereocenters. The van der Waals surface area contributed by atoms with E-state index in [2.05, 4.69) is 20.3 Å². The topological polar surface area (TPSA) is 149 Å². The monoisotopic (exact) mass is 496 g/mol. The number of hydrogen-bond acceptors (Lipinski definition) is 10. The van der Waals surface area contributed by atoms with Crippen LogP contribution in [0.3, 0.4) is 0 Å². The minimum absolute atomic E-state index is 0.131. The number of nitro benzene ring substituents is 1. The summed E-state index contributed by atoms with van der Waals surface area (Å²) in [5.74, 6) is 1.25. The first-order chi connectivity index (χ1) is 16.9. The van der Waals surface area contributed by atoms with Gasteiger partial charge >= 0.3 is 0 Å². The zero-order valence-corrected chi connectivity index (χ0v) is 19.4. The van der Waals surface area contributed by atoms with Crippen LogP contribution in [0, 0.1) is 10.1 Å². The van der Waals surface area contributed by atoms with Gasteiger partial charge in [-0.15, -0.1) is 5.10 Å². The van der Waals surface area contributed by atoms with Gasteiger partial charge in [0.05, 0.1) is 17.7 Å². The Kier molecular flexibility index (Phi) is 5.74. The van der Waals surface area contributed by atoms with Gasteiger partial charge in [-0.05, 0) is 30.3 Å². The van der Waals surface area contributed by atoms with Gasteiger partial charge in [0.2, 0.25) is 10.0 Å². The lowest BCUT2D eigenvalue weighted by Gasteiger charge is -2.34. The molecule has 5 rings (SSSR count). The average Bonchev–Trinajstić information content (AvgIpc) is 3.33. The molecule has 0 radical (unpaired) electrons. The van der Waals surface area contributed by atoms with Crippen molar-refractivity contribution in [2.75, 3.05) is 38.2 Å². The van der Waals surface area contributed by atoms with E-state index in [0.717, 1.165) is 5.69 Å². The lowest BCUT2D eigenvalue weighted by atomic mass is 10.3. The fourth-order valence-corrected chi connectivity index (χ4v) is 5.55. The third-order valence-electron chi connectivity index (χ3n) is 5.75. The largest absolute Gasteiger partial charge is 0.497 e. The average molecular weight is 497 g/mol.